The minimum atomic E-state index is 0.283. The molecule has 1 heterocycles. The number of nitrogens with two attached hydrogens (primary N) is 1. The van der Waals surface area contributed by atoms with E-state index in [2.05, 4.69) is 32.0 Å². The minimum absolute atomic E-state index is 0.283. The van der Waals surface area contributed by atoms with Gasteiger partial charge in [0.1, 0.15) is 5.75 Å². The molecule has 0 bridgehead atoms. The number of hydrogen-bond donors (Lipinski definition) is 1. The normalized spacial score (nSPS) is 10.6. The van der Waals surface area contributed by atoms with Gasteiger partial charge in [0.15, 0.2) is 0 Å². The third kappa shape index (κ3) is 2.66. The van der Waals surface area contributed by atoms with Crippen LogP contribution in [0.1, 0.15) is 0 Å². The molecule has 19 heavy (non-hydrogen) atoms. The maximum Gasteiger partial charge on any atom is 0.322 e. The molecule has 3 aromatic rings. The molecule has 94 valence electrons. The van der Waals surface area contributed by atoms with Crippen LogP contribution in [0, 0.1) is 0 Å². The lowest BCUT2D eigenvalue weighted by Gasteiger charge is -2.05. The van der Waals surface area contributed by atoms with Gasteiger partial charge in [-0.05, 0) is 35.0 Å². The Morgan fingerprint density at radius 2 is 1.63 bits per heavy atom. The van der Waals surface area contributed by atoms with E-state index in [0.717, 1.165) is 15.2 Å². The molecule has 5 heteroatoms. The van der Waals surface area contributed by atoms with Crippen molar-refractivity contribution in [2.75, 3.05) is 5.73 Å². The average molecular weight is 316 g/mol. The predicted octanol–water partition coefficient (Wildman–Crippen LogP) is 3.77. The number of aromatic nitrogens is 2. The number of halogens is 1. The molecule has 4 nitrogen and oxygen atoms in total. The van der Waals surface area contributed by atoms with Crippen LogP contribution in [0.2, 0.25) is 0 Å². The van der Waals surface area contributed by atoms with Gasteiger partial charge in [-0.3, -0.25) is 0 Å². The number of rotatable bonds is 2. The van der Waals surface area contributed by atoms with Crippen molar-refractivity contribution in [2.24, 2.45) is 0 Å². The lowest BCUT2D eigenvalue weighted by Crippen LogP contribution is -1.93. The van der Waals surface area contributed by atoms with Gasteiger partial charge in [-0.2, -0.15) is 0 Å². The van der Waals surface area contributed by atoms with Crippen LogP contribution in [0.25, 0.3) is 10.8 Å². The summed E-state index contributed by atoms with van der Waals surface area (Å²) >= 11 is 3.45. The molecule has 0 saturated carbocycles. The molecule has 0 aliphatic carbocycles. The van der Waals surface area contributed by atoms with E-state index in [4.69, 9.17) is 10.5 Å². The summed E-state index contributed by atoms with van der Waals surface area (Å²) in [5.41, 5.74) is 6.03. The third-order valence-electron chi connectivity index (χ3n) is 2.63. The fourth-order valence-corrected chi connectivity index (χ4v) is 2.12. The molecule has 1 aromatic heterocycles. The molecule has 2 N–H and O–H groups in total. The molecule has 3 rings (SSSR count). The molecule has 0 fully saturated rings. The molecule has 0 aliphatic rings. The Bertz CT molecular complexity index is 728. The maximum atomic E-state index is 5.58. The zero-order valence-electron chi connectivity index (χ0n) is 9.88. The van der Waals surface area contributed by atoms with Crippen LogP contribution >= 0.6 is 15.9 Å². The summed E-state index contributed by atoms with van der Waals surface area (Å²) < 4.78 is 6.63. The molecular weight excluding hydrogens is 306 g/mol. The number of anilines is 1. The first-order valence-corrected chi connectivity index (χ1v) is 6.45. The third-order valence-corrected chi connectivity index (χ3v) is 3.12. The average Bonchev–Trinajstić information content (AvgIpc) is 2.42. The van der Waals surface area contributed by atoms with Crippen molar-refractivity contribution in [1.29, 1.82) is 0 Å². The number of benzene rings is 2. The lowest BCUT2D eigenvalue weighted by molar-refractivity contribution is 0.442. The Labute approximate surface area is 118 Å². The summed E-state index contributed by atoms with van der Waals surface area (Å²) in [6, 6.07) is 12.2. The molecule has 0 atom stereocenters. The van der Waals surface area contributed by atoms with Gasteiger partial charge in [-0.1, -0.05) is 28.1 Å². The number of nitrogens with zero attached hydrogens (tertiary/aromatic N) is 2. The van der Waals surface area contributed by atoms with Gasteiger partial charge >= 0.3 is 6.01 Å². The van der Waals surface area contributed by atoms with E-state index < -0.39 is 0 Å². The Morgan fingerprint density at radius 1 is 0.947 bits per heavy atom. The number of nitrogen functional groups attached to an aromatic ring is 1. The second kappa shape index (κ2) is 4.85. The first-order chi connectivity index (χ1) is 9.20. The molecule has 0 radical (unpaired) electrons. The van der Waals surface area contributed by atoms with Gasteiger partial charge in [-0.15, -0.1) is 0 Å². The Hall–Kier alpha value is -2.14. The first kappa shape index (κ1) is 11.9. The van der Waals surface area contributed by atoms with Gasteiger partial charge in [0.25, 0.3) is 0 Å². The van der Waals surface area contributed by atoms with Crippen molar-refractivity contribution in [3.05, 3.63) is 53.3 Å². The van der Waals surface area contributed by atoms with Crippen molar-refractivity contribution in [3.8, 4) is 11.8 Å². The molecule has 0 unspecified atom stereocenters. The number of ether oxygens (including phenoxy) is 1. The predicted molar refractivity (Wildman–Crippen MR) is 78.2 cm³/mol. The smallest absolute Gasteiger partial charge is 0.322 e. The molecule has 2 aromatic carbocycles. The van der Waals surface area contributed by atoms with Crippen LogP contribution in [-0.2, 0) is 0 Å². The summed E-state index contributed by atoms with van der Waals surface area (Å²) in [6.45, 7) is 0. The van der Waals surface area contributed by atoms with E-state index in [1.165, 1.54) is 12.4 Å². The quantitative estimate of drug-likeness (QED) is 0.782. The van der Waals surface area contributed by atoms with Crippen LogP contribution in [-0.4, -0.2) is 9.97 Å². The SMILES string of the molecule is Nc1cnc(Oc2ccc3cc(Br)ccc3c2)nc1. The van der Waals surface area contributed by atoms with E-state index in [1.807, 2.05) is 30.3 Å². The fraction of sp³-hybridized carbons (Fsp3) is 0. The van der Waals surface area contributed by atoms with Gasteiger partial charge < -0.3 is 10.5 Å². The van der Waals surface area contributed by atoms with Crippen LogP contribution < -0.4 is 10.5 Å². The Kier molecular flexibility index (Phi) is 3.05. The number of fused-ring (bicyclic) bond motifs is 1. The van der Waals surface area contributed by atoms with Crippen LogP contribution in [0.15, 0.2) is 53.3 Å². The Morgan fingerprint density at radius 3 is 2.42 bits per heavy atom. The van der Waals surface area contributed by atoms with Crippen molar-refractivity contribution < 1.29 is 4.74 Å². The van der Waals surface area contributed by atoms with Crippen LogP contribution in [0.5, 0.6) is 11.8 Å². The molecule has 0 amide bonds. The summed E-state index contributed by atoms with van der Waals surface area (Å²) in [5.74, 6) is 0.694. The van der Waals surface area contributed by atoms with Crippen molar-refractivity contribution in [2.45, 2.75) is 0 Å². The molecule has 0 spiro atoms. The molecule has 0 aliphatic heterocycles. The summed E-state index contributed by atoms with van der Waals surface area (Å²) in [5, 5.41) is 2.23. The van der Waals surface area contributed by atoms with Crippen molar-refractivity contribution in [3.63, 3.8) is 0 Å². The van der Waals surface area contributed by atoms with Gasteiger partial charge in [0, 0.05) is 4.47 Å². The second-order valence-corrected chi connectivity index (χ2v) is 4.97. The van der Waals surface area contributed by atoms with Crippen LogP contribution in [0.4, 0.5) is 5.69 Å². The van der Waals surface area contributed by atoms with E-state index in [9.17, 15) is 0 Å². The van der Waals surface area contributed by atoms with Gasteiger partial charge in [0.05, 0.1) is 18.1 Å². The molecular formula is C14H10BrN3O. The lowest BCUT2D eigenvalue weighted by atomic mass is 10.1. The largest absolute Gasteiger partial charge is 0.424 e. The topological polar surface area (TPSA) is 61.0 Å². The number of hydrogen-bond acceptors (Lipinski definition) is 4. The molecule has 0 saturated heterocycles. The van der Waals surface area contributed by atoms with Crippen LogP contribution in [0.3, 0.4) is 0 Å². The minimum Gasteiger partial charge on any atom is -0.424 e. The fourth-order valence-electron chi connectivity index (χ4n) is 1.74. The highest BCUT2D eigenvalue weighted by atomic mass is 79.9. The zero-order chi connectivity index (χ0) is 13.2. The van der Waals surface area contributed by atoms with Crippen molar-refractivity contribution >= 4 is 32.4 Å². The highest BCUT2D eigenvalue weighted by Gasteiger charge is 2.02. The Balaban J connectivity index is 1.93. The summed E-state index contributed by atoms with van der Waals surface area (Å²) in [7, 11) is 0. The monoisotopic (exact) mass is 315 g/mol. The summed E-state index contributed by atoms with van der Waals surface area (Å²) in [6.07, 6.45) is 3.03. The van der Waals surface area contributed by atoms with E-state index in [0.29, 0.717) is 11.4 Å². The highest BCUT2D eigenvalue weighted by molar-refractivity contribution is 9.10. The standard InChI is InChI=1S/C14H10BrN3O/c15-11-3-1-10-6-13(4-2-9(10)5-11)19-14-17-7-12(16)8-18-14/h1-8H,16H2. The van der Waals surface area contributed by atoms with Crippen molar-refractivity contribution in [1.82, 2.24) is 9.97 Å². The van der Waals surface area contributed by atoms with E-state index in [-0.39, 0.29) is 6.01 Å². The van der Waals surface area contributed by atoms with Gasteiger partial charge in [0.2, 0.25) is 0 Å². The maximum absolute atomic E-state index is 5.58. The van der Waals surface area contributed by atoms with Gasteiger partial charge in [-0.25, -0.2) is 9.97 Å². The second-order valence-electron chi connectivity index (χ2n) is 4.05. The summed E-state index contributed by atoms with van der Waals surface area (Å²) in [4.78, 5) is 8.00. The first-order valence-electron chi connectivity index (χ1n) is 5.65. The van der Waals surface area contributed by atoms with E-state index in [1.54, 1.807) is 0 Å². The highest BCUT2D eigenvalue weighted by Crippen LogP contribution is 2.26. The zero-order valence-corrected chi connectivity index (χ0v) is 11.5. The van der Waals surface area contributed by atoms with E-state index >= 15 is 0 Å².